The van der Waals surface area contributed by atoms with Gasteiger partial charge in [0, 0.05) is 13.1 Å². The van der Waals surface area contributed by atoms with E-state index in [0.29, 0.717) is 12.5 Å². The van der Waals surface area contributed by atoms with Crippen molar-refractivity contribution in [1.82, 2.24) is 10.6 Å². The third-order valence-corrected chi connectivity index (χ3v) is 3.62. The minimum absolute atomic E-state index is 0.272. The van der Waals surface area contributed by atoms with E-state index >= 15 is 0 Å². The van der Waals surface area contributed by atoms with Crippen LogP contribution >= 0.6 is 0 Å². The number of rotatable bonds is 6. The average Bonchev–Trinajstić information content (AvgIpc) is 2.58. The summed E-state index contributed by atoms with van der Waals surface area (Å²) in [6, 6.07) is 17.6. The molecule has 0 fully saturated rings. The van der Waals surface area contributed by atoms with Crippen LogP contribution in [0.5, 0.6) is 5.75 Å². The van der Waals surface area contributed by atoms with Crippen LogP contribution in [-0.4, -0.2) is 24.2 Å². The summed E-state index contributed by atoms with van der Waals surface area (Å²) in [7, 11) is 0. The Labute approximate surface area is 138 Å². The van der Waals surface area contributed by atoms with E-state index in [2.05, 4.69) is 46.8 Å². The van der Waals surface area contributed by atoms with Crippen molar-refractivity contribution in [1.29, 1.82) is 0 Å². The van der Waals surface area contributed by atoms with Gasteiger partial charge in [-0.05, 0) is 36.1 Å². The van der Waals surface area contributed by atoms with Crippen LogP contribution in [0.3, 0.4) is 0 Å². The molecule has 0 aliphatic rings. The number of hydrogen-bond donors (Lipinski definition) is 3. The van der Waals surface area contributed by atoms with Crippen LogP contribution in [0, 0.1) is 0 Å². The highest BCUT2D eigenvalue weighted by atomic mass is 16.3. The zero-order valence-electron chi connectivity index (χ0n) is 13.8. The van der Waals surface area contributed by atoms with Gasteiger partial charge in [-0.1, -0.05) is 49.4 Å². The van der Waals surface area contributed by atoms with Crippen LogP contribution in [0.15, 0.2) is 59.6 Å². The molecule has 0 saturated carbocycles. The standard InChI is InChI=1S/C19H25N3O/c1-3-20-19(22-14-16-8-7-11-18(23)12-16)21-13-15(2)17-9-5-4-6-10-17/h4-12,15,23H,3,13-14H2,1-2H3,(H2,20,21,22). The Morgan fingerprint density at radius 3 is 2.57 bits per heavy atom. The lowest BCUT2D eigenvalue weighted by Crippen LogP contribution is -2.39. The lowest BCUT2D eigenvalue weighted by Gasteiger charge is -2.16. The molecule has 0 aliphatic carbocycles. The van der Waals surface area contributed by atoms with Crippen LogP contribution in [0.4, 0.5) is 0 Å². The highest BCUT2D eigenvalue weighted by Crippen LogP contribution is 2.13. The van der Waals surface area contributed by atoms with Gasteiger partial charge in [0.05, 0.1) is 6.54 Å². The molecule has 1 atom stereocenters. The first-order valence-electron chi connectivity index (χ1n) is 8.04. The van der Waals surface area contributed by atoms with E-state index < -0.39 is 0 Å². The Balaban J connectivity index is 1.94. The summed E-state index contributed by atoms with van der Waals surface area (Å²) in [4.78, 5) is 4.57. The number of aromatic hydroxyl groups is 1. The van der Waals surface area contributed by atoms with E-state index in [1.807, 2.05) is 25.1 Å². The van der Waals surface area contributed by atoms with Crippen molar-refractivity contribution in [2.45, 2.75) is 26.3 Å². The molecule has 0 aromatic heterocycles. The van der Waals surface area contributed by atoms with Crippen molar-refractivity contribution in [3.63, 3.8) is 0 Å². The average molecular weight is 311 g/mol. The SMILES string of the molecule is CCNC(=NCc1cccc(O)c1)NCC(C)c1ccccc1. The van der Waals surface area contributed by atoms with Crippen LogP contribution in [-0.2, 0) is 6.54 Å². The predicted octanol–water partition coefficient (Wildman–Crippen LogP) is 3.25. The Hall–Kier alpha value is -2.49. The van der Waals surface area contributed by atoms with Crippen molar-refractivity contribution in [3.05, 3.63) is 65.7 Å². The summed E-state index contributed by atoms with van der Waals surface area (Å²) in [6.07, 6.45) is 0. The zero-order chi connectivity index (χ0) is 16.5. The molecule has 1 unspecified atom stereocenters. The van der Waals surface area contributed by atoms with Crippen molar-refractivity contribution in [2.75, 3.05) is 13.1 Å². The number of nitrogens with one attached hydrogen (secondary N) is 2. The van der Waals surface area contributed by atoms with E-state index in [9.17, 15) is 5.11 Å². The maximum Gasteiger partial charge on any atom is 0.191 e. The highest BCUT2D eigenvalue weighted by Gasteiger charge is 2.06. The van der Waals surface area contributed by atoms with E-state index in [0.717, 1.165) is 24.6 Å². The van der Waals surface area contributed by atoms with Crippen molar-refractivity contribution >= 4 is 5.96 Å². The lowest BCUT2D eigenvalue weighted by molar-refractivity contribution is 0.474. The van der Waals surface area contributed by atoms with Crippen LogP contribution in [0.2, 0.25) is 0 Å². The van der Waals surface area contributed by atoms with Crippen molar-refractivity contribution in [2.24, 2.45) is 4.99 Å². The molecule has 0 aliphatic heterocycles. The van der Waals surface area contributed by atoms with Crippen LogP contribution < -0.4 is 10.6 Å². The van der Waals surface area contributed by atoms with Gasteiger partial charge in [0.1, 0.15) is 5.75 Å². The predicted molar refractivity (Wildman–Crippen MR) is 95.8 cm³/mol. The molecule has 0 heterocycles. The minimum atomic E-state index is 0.272. The molecule has 3 N–H and O–H groups in total. The number of nitrogens with zero attached hydrogens (tertiary/aromatic N) is 1. The van der Waals surface area contributed by atoms with Gasteiger partial charge < -0.3 is 15.7 Å². The quantitative estimate of drug-likeness (QED) is 0.567. The maximum absolute atomic E-state index is 9.50. The number of guanidine groups is 1. The summed E-state index contributed by atoms with van der Waals surface area (Å²) in [5.74, 6) is 1.47. The Kier molecular flexibility index (Phi) is 6.48. The molecule has 2 aromatic carbocycles. The van der Waals surface area contributed by atoms with Gasteiger partial charge >= 0.3 is 0 Å². The second-order valence-electron chi connectivity index (χ2n) is 5.56. The minimum Gasteiger partial charge on any atom is -0.508 e. The first kappa shape index (κ1) is 16.9. The smallest absolute Gasteiger partial charge is 0.191 e. The normalized spacial score (nSPS) is 12.7. The van der Waals surface area contributed by atoms with Gasteiger partial charge in [0.25, 0.3) is 0 Å². The highest BCUT2D eigenvalue weighted by molar-refractivity contribution is 5.79. The van der Waals surface area contributed by atoms with Crippen LogP contribution in [0.1, 0.15) is 30.9 Å². The summed E-state index contributed by atoms with van der Waals surface area (Å²) in [6.45, 7) is 6.40. The molecule has 4 heteroatoms. The summed E-state index contributed by atoms with van der Waals surface area (Å²) >= 11 is 0. The molecule has 0 saturated heterocycles. The lowest BCUT2D eigenvalue weighted by atomic mass is 10.0. The topological polar surface area (TPSA) is 56.7 Å². The van der Waals surface area contributed by atoms with E-state index in [4.69, 9.17) is 0 Å². The molecule has 0 radical (unpaired) electrons. The molecule has 0 spiro atoms. The van der Waals surface area contributed by atoms with Gasteiger partial charge in [0.15, 0.2) is 5.96 Å². The summed E-state index contributed by atoms with van der Waals surface area (Å²) < 4.78 is 0. The molecule has 4 nitrogen and oxygen atoms in total. The molecular weight excluding hydrogens is 286 g/mol. The fraction of sp³-hybridized carbons (Fsp3) is 0.316. The number of benzene rings is 2. The molecule has 2 aromatic rings. The first-order valence-corrected chi connectivity index (χ1v) is 8.04. The second kappa shape index (κ2) is 8.83. The second-order valence-corrected chi connectivity index (χ2v) is 5.56. The third-order valence-electron chi connectivity index (χ3n) is 3.62. The van der Waals surface area contributed by atoms with E-state index in [1.54, 1.807) is 12.1 Å². The zero-order valence-corrected chi connectivity index (χ0v) is 13.8. The Morgan fingerprint density at radius 1 is 1.09 bits per heavy atom. The number of aliphatic imine (C=N–C) groups is 1. The van der Waals surface area contributed by atoms with Gasteiger partial charge in [0.2, 0.25) is 0 Å². The molecule has 0 amide bonds. The van der Waals surface area contributed by atoms with E-state index in [1.165, 1.54) is 5.56 Å². The van der Waals surface area contributed by atoms with Gasteiger partial charge in [-0.2, -0.15) is 0 Å². The summed E-state index contributed by atoms with van der Waals surface area (Å²) in [5.41, 5.74) is 2.29. The first-order chi connectivity index (χ1) is 11.2. The number of hydrogen-bond acceptors (Lipinski definition) is 2. The monoisotopic (exact) mass is 311 g/mol. The molecule has 122 valence electrons. The molecular formula is C19H25N3O. The van der Waals surface area contributed by atoms with Crippen LogP contribution in [0.25, 0.3) is 0 Å². The van der Waals surface area contributed by atoms with Gasteiger partial charge in [-0.15, -0.1) is 0 Å². The Bertz CT molecular complexity index is 626. The summed E-state index contributed by atoms with van der Waals surface area (Å²) in [5, 5.41) is 16.1. The van der Waals surface area contributed by atoms with Crippen molar-refractivity contribution < 1.29 is 5.11 Å². The third kappa shape index (κ3) is 5.66. The van der Waals surface area contributed by atoms with Gasteiger partial charge in [-0.3, -0.25) is 0 Å². The Morgan fingerprint density at radius 2 is 1.87 bits per heavy atom. The molecule has 0 bridgehead atoms. The van der Waals surface area contributed by atoms with Gasteiger partial charge in [-0.25, -0.2) is 4.99 Å². The largest absolute Gasteiger partial charge is 0.508 e. The maximum atomic E-state index is 9.50. The molecule has 2 rings (SSSR count). The molecule has 23 heavy (non-hydrogen) atoms. The fourth-order valence-corrected chi connectivity index (χ4v) is 2.32. The number of phenolic OH excluding ortho intramolecular Hbond substituents is 1. The fourth-order valence-electron chi connectivity index (χ4n) is 2.32. The number of phenols is 1. The van der Waals surface area contributed by atoms with E-state index in [-0.39, 0.29) is 5.75 Å². The van der Waals surface area contributed by atoms with Crippen molar-refractivity contribution in [3.8, 4) is 5.75 Å².